The van der Waals surface area contributed by atoms with Gasteiger partial charge >= 0.3 is 12.1 Å². The van der Waals surface area contributed by atoms with Gasteiger partial charge in [0.25, 0.3) is 0 Å². The van der Waals surface area contributed by atoms with Crippen molar-refractivity contribution in [2.24, 2.45) is 11.3 Å². The average molecular weight is 303 g/mol. The largest absolute Gasteiger partial charge is 0.481 e. The van der Waals surface area contributed by atoms with E-state index in [9.17, 15) is 19.8 Å². The Bertz CT molecular complexity index is 350. The van der Waals surface area contributed by atoms with E-state index < -0.39 is 23.1 Å². The molecule has 3 N–H and O–H groups in total. The van der Waals surface area contributed by atoms with Crippen molar-refractivity contribution in [3.63, 3.8) is 0 Å². The van der Waals surface area contributed by atoms with Gasteiger partial charge in [0.1, 0.15) is 5.60 Å². The fourth-order valence-corrected chi connectivity index (χ4v) is 2.30. The molecule has 0 saturated carbocycles. The summed E-state index contributed by atoms with van der Waals surface area (Å²) in [4.78, 5) is 23.4. The number of nitrogens with one attached hydrogen (secondary N) is 1. The summed E-state index contributed by atoms with van der Waals surface area (Å²) in [6.45, 7) is 8.85. The van der Waals surface area contributed by atoms with Gasteiger partial charge in [0.2, 0.25) is 0 Å². The van der Waals surface area contributed by atoms with Gasteiger partial charge in [-0.2, -0.15) is 0 Å². The average Bonchev–Trinajstić information content (AvgIpc) is 2.33. The molecule has 0 aliphatic heterocycles. The monoisotopic (exact) mass is 303 g/mol. The molecule has 0 fully saturated rings. The molecule has 0 heterocycles. The smallest absolute Gasteiger partial charge is 0.407 e. The van der Waals surface area contributed by atoms with Crippen LogP contribution in [-0.2, 0) is 9.53 Å². The highest BCUT2D eigenvalue weighted by Crippen LogP contribution is 2.32. The molecule has 2 unspecified atom stereocenters. The lowest BCUT2D eigenvalue weighted by Crippen LogP contribution is -2.45. The molecule has 0 rings (SSSR count). The molecule has 6 heteroatoms. The maximum atomic E-state index is 11.7. The molecule has 0 spiro atoms. The number of amides is 1. The Labute approximate surface area is 126 Å². The summed E-state index contributed by atoms with van der Waals surface area (Å²) in [5, 5.41) is 21.3. The molecular formula is C15H29NO5. The van der Waals surface area contributed by atoms with E-state index in [1.807, 2.05) is 6.92 Å². The zero-order valence-electron chi connectivity index (χ0n) is 13.7. The van der Waals surface area contributed by atoms with Crippen LogP contribution >= 0.6 is 0 Å². The van der Waals surface area contributed by atoms with Gasteiger partial charge in [0.15, 0.2) is 0 Å². The first kappa shape index (κ1) is 19.7. The fraction of sp³-hybridized carbons (Fsp3) is 0.867. The lowest BCUT2D eigenvalue weighted by molar-refractivity contribution is -0.150. The summed E-state index contributed by atoms with van der Waals surface area (Å²) in [6.07, 6.45) is 0.798. The quantitative estimate of drug-likeness (QED) is 0.640. The molecule has 0 aliphatic carbocycles. The minimum absolute atomic E-state index is 0.00454. The molecule has 2 atom stereocenters. The number of hydrogen-bond acceptors (Lipinski definition) is 4. The normalized spacial score (nSPS) is 15.9. The Morgan fingerprint density at radius 1 is 1.29 bits per heavy atom. The Balaban J connectivity index is 4.89. The van der Waals surface area contributed by atoms with Crippen LogP contribution in [0, 0.1) is 11.3 Å². The molecule has 0 bridgehead atoms. The number of carbonyl (C=O) groups is 2. The third-order valence-corrected chi connectivity index (χ3v) is 3.20. The molecule has 1 amide bonds. The van der Waals surface area contributed by atoms with Gasteiger partial charge in [-0.1, -0.05) is 20.3 Å². The lowest BCUT2D eigenvalue weighted by Gasteiger charge is -2.32. The second-order valence-electron chi connectivity index (χ2n) is 6.68. The fourth-order valence-electron chi connectivity index (χ4n) is 2.30. The Morgan fingerprint density at radius 2 is 1.86 bits per heavy atom. The summed E-state index contributed by atoms with van der Waals surface area (Å²) in [7, 11) is 0. The number of carboxylic acids is 1. The first-order chi connectivity index (χ1) is 9.56. The molecule has 6 nitrogen and oxygen atoms in total. The number of ether oxygens (including phenoxy) is 1. The van der Waals surface area contributed by atoms with E-state index in [1.54, 1.807) is 27.7 Å². The highest BCUT2D eigenvalue weighted by atomic mass is 16.6. The van der Waals surface area contributed by atoms with Crippen LogP contribution in [0.3, 0.4) is 0 Å². The summed E-state index contributed by atoms with van der Waals surface area (Å²) < 4.78 is 5.13. The number of alkyl carbamates (subject to hydrolysis) is 1. The van der Waals surface area contributed by atoms with Gasteiger partial charge in [-0.25, -0.2) is 4.79 Å². The number of carboxylic acid groups (broad SMARTS) is 1. The number of carbonyl (C=O) groups excluding carboxylic acids is 1. The van der Waals surface area contributed by atoms with Crippen LogP contribution in [0.15, 0.2) is 0 Å². The molecule has 124 valence electrons. The van der Waals surface area contributed by atoms with Gasteiger partial charge in [-0.05, 0) is 39.5 Å². The van der Waals surface area contributed by atoms with Crippen molar-refractivity contribution in [1.82, 2.24) is 5.32 Å². The molecular weight excluding hydrogens is 274 g/mol. The predicted octanol–water partition coefficient (Wildman–Crippen LogP) is 2.40. The van der Waals surface area contributed by atoms with E-state index in [2.05, 4.69) is 5.32 Å². The van der Waals surface area contributed by atoms with Crippen LogP contribution in [0.25, 0.3) is 0 Å². The van der Waals surface area contributed by atoms with E-state index in [0.717, 1.165) is 0 Å². The number of hydrogen-bond donors (Lipinski definition) is 3. The van der Waals surface area contributed by atoms with Crippen molar-refractivity contribution in [3.8, 4) is 0 Å². The zero-order valence-corrected chi connectivity index (χ0v) is 13.7. The van der Waals surface area contributed by atoms with Gasteiger partial charge in [0, 0.05) is 13.2 Å². The molecule has 0 saturated heterocycles. The SMILES string of the molecule is CCCC(CNC(=O)OC(C)(C)C)(CC(C)CO)C(=O)O. The van der Waals surface area contributed by atoms with Crippen LogP contribution < -0.4 is 5.32 Å². The van der Waals surface area contributed by atoms with Crippen molar-refractivity contribution < 1.29 is 24.5 Å². The van der Waals surface area contributed by atoms with E-state index in [0.29, 0.717) is 19.3 Å². The third kappa shape index (κ3) is 7.32. The predicted molar refractivity (Wildman–Crippen MR) is 80.1 cm³/mol. The van der Waals surface area contributed by atoms with Gasteiger partial charge in [-0.15, -0.1) is 0 Å². The van der Waals surface area contributed by atoms with Crippen molar-refractivity contribution in [2.45, 2.75) is 59.5 Å². The topological polar surface area (TPSA) is 95.9 Å². The molecule has 21 heavy (non-hydrogen) atoms. The number of rotatable bonds is 8. The van der Waals surface area contributed by atoms with E-state index in [1.165, 1.54) is 0 Å². The van der Waals surface area contributed by atoms with Crippen molar-refractivity contribution >= 4 is 12.1 Å². The first-order valence-electron chi connectivity index (χ1n) is 7.37. The van der Waals surface area contributed by atoms with Crippen molar-refractivity contribution in [2.75, 3.05) is 13.2 Å². The third-order valence-electron chi connectivity index (χ3n) is 3.20. The first-order valence-corrected chi connectivity index (χ1v) is 7.37. The summed E-state index contributed by atoms with van der Waals surface area (Å²) >= 11 is 0. The van der Waals surface area contributed by atoms with Crippen LogP contribution in [0.4, 0.5) is 4.79 Å². The van der Waals surface area contributed by atoms with Gasteiger partial charge in [0.05, 0.1) is 5.41 Å². The van der Waals surface area contributed by atoms with Crippen molar-refractivity contribution in [3.05, 3.63) is 0 Å². The minimum atomic E-state index is -1.08. The highest BCUT2D eigenvalue weighted by Gasteiger charge is 2.39. The number of aliphatic carboxylic acids is 1. The Kier molecular flexibility index (Phi) is 7.71. The highest BCUT2D eigenvalue weighted by molar-refractivity contribution is 5.76. The van der Waals surface area contributed by atoms with Gasteiger partial charge < -0.3 is 20.3 Å². The summed E-state index contributed by atoms with van der Waals surface area (Å²) in [6, 6.07) is 0. The second-order valence-corrected chi connectivity index (χ2v) is 6.68. The summed E-state index contributed by atoms with van der Waals surface area (Å²) in [5.41, 5.74) is -1.70. The minimum Gasteiger partial charge on any atom is -0.481 e. The van der Waals surface area contributed by atoms with Crippen LogP contribution in [0.1, 0.15) is 53.9 Å². The Morgan fingerprint density at radius 3 is 2.24 bits per heavy atom. The van der Waals surface area contributed by atoms with Crippen LogP contribution in [-0.4, -0.2) is 41.0 Å². The summed E-state index contributed by atoms with van der Waals surface area (Å²) in [5.74, 6) is -1.10. The zero-order chi connectivity index (χ0) is 16.7. The standard InChI is InChI=1S/C15H29NO5/c1-6-7-15(12(18)19,8-11(2)9-17)10-16-13(20)21-14(3,4)5/h11,17H,6-10H2,1-5H3,(H,16,20)(H,18,19). The number of aliphatic hydroxyl groups is 1. The van der Waals surface area contributed by atoms with E-state index in [4.69, 9.17) is 4.74 Å². The second kappa shape index (κ2) is 8.22. The molecule has 0 aromatic heterocycles. The molecule has 0 aromatic rings. The lowest BCUT2D eigenvalue weighted by atomic mass is 9.76. The Hall–Kier alpha value is -1.30. The van der Waals surface area contributed by atoms with Crippen LogP contribution in [0.2, 0.25) is 0 Å². The number of aliphatic hydroxyl groups excluding tert-OH is 1. The van der Waals surface area contributed by atoms with Crippen LogP contribution in [0.5, 0.6) is 0 Å². The molecule has 0 aromatic carbocycles. The van der Waals surface area contributed by atoms with E-state index >= 15 is 0 Å². The van der Waals surface area contributed by atoms with Crippen molar-refractivity contribution in [1.29, 1.82) is 0 Å². The molecule has 0 aliphatic rings. The van der Waals surface area contributed by atoms with Gasteiger partial charge in [-0.3, -0.25) is 4.79 Å². The maximum Gasteiger partial charge on any atom is 0.407 e. The maximum absolute atomic E-state index is 11.7. The molecule has 0 radical (unpaired) electrons. The van der Waals surface area contributed by atoms with E-state index in [-0.39, 0.29) is 19.1 Å².